The van der Waals surface area contributed by atoms with Crippen molar-refractivity contribution in [3.8, 4) is 0 Å². The average molecular weight is 313 g/mol. The Kier molecular flexibility index (Phi) is 4.43. The number of halogens is 1. The SMILES string of the molecule is CCNc1ncnc(N2CCC(C)C(C)C2)c1Br. The molecule has 1 saturated heterocycles. The summed E-state index contributed by atoms with van der Waals surface area (Å²) in [7, 11) is 0. The zero-order valence-electron chi connectivity index (χ0n) is 11.3. The van der Waals surface area contributed by atoms with Gasteiger partial charge in [0.1, 0.15) is 22.4 Å². The van der Waals surface area contributed by atoms with Crippen LogP contribution in [0.5, 0.6) is 0 Å². The molecule has 1 aromatic heterocycles. The Morgan fingerprint density at radius 2 is 2.17 bits per heavy atom. The van der Waals surface area contributed by atoms with Gasteiger partial charge in [-0.2, -0.15) is 0 Å². The Morgan fingerprint density at radius 1 is 1.39 bits per heavy atom. The van der Waals surface area contributed by atoms with Crippen LogP contribution < -0.4 is 10.2 Å². The number of nitrogens with zero attached hydrogens (tertiary/aromatic N) is 3. The van der Waals surface area contributed by atoms with Crippen molar-refractivity contribution in [1.82, 2.24) is 9.97 Å². The van der Waals surface area contributed by atoms with Crippen molar-refractivity contribution in [3.05, 3.63) is 10.8 Å². The predicted octanol–water partition coefficient (Wildman–Crippen LogP) is 3.15. The van der Waals surface area contributed by atoms with Crippen molar-refractivity contribution in [2.75, 3.05) is 29.9 Å². The molecular weight excluding hydrogens is 292 g/mol. The van der Waals surface area contributed by atoms with Crippen LogP contribution in [0.2, 0.25) is 0 Å². The lowest BCUT2D eigenvalue weighted by molar-refractivity contribution is 0.322. The molecule has 1 aromatic rings. The molecule has 1 aliphatic heterocycles. The molecule has 100 valence electrons. The monoisotopic (exact) mass is 312 g/mol. The number of piperidine rings is 1. The van der Waals surface area contributed by atoms with E-state index in [4.69, 9.17) is 0 Å². The van der Waals surface area contributed by atoms with Crippen molar-refractivity contribution in [2.24, 2.45) is 11.8 Å². The molecule has 0 bridgehead atoms. The third kappa shape index (κ3) is 2.76. The summed E-state index contributed by atoms with van der Waals surface area (Å²) < 4.78 is 0.980. The summed E-state index contributed by atoms with van der Waals surface area (Å²) >= 11 is 3.62. The molecule has 0 spiro atoms. The minimum atomic E-state index is 0.711. The highest BCUT2D eigenvalue weighted by atomic mass is 79.9. The van der Waals surface area contributed by atoms with Crippen LogP contribution in [0.1, 0.15) is 27.2 Å². The van der Waals surface area contributed by atoms with E-state index in [1.165, 1.54) is 6.42 Å². The van der Waals surface area contributed by atoms with E-state index >= 15 is 0 Å². The first-order chi connectivity index (χ1) is 8.63. The largest absolute Gasteiger partial charge is 0.369 e. The van der Waals surface area contributed by atoms with E-state index in [1.807, 2.05) is 0 Å². The third-order valence-corrected chi connectivity index (χ3v) is 4.48. The van der Waals surface area contributed by atoms with E-state index in [0.717, 1.165) is 41.7 Å². The molecule has 1 fully saturated rings. The minimum Gasteiger partial charge on any atom is -0.369 e. The Labute approximate surface area is 117 Å². The maximum Gasteiger partial charge on any atom is 0.148 e. The number of aromatic nitrogens is 2. The Morgan fingerprint density at radius 3 is 2.83 bits per heavy atom. The van der Waals surface area contributed by atoms with Gasteiger partial charge in [0.15, 0.2) is 0 Å². The van der Waals surface area contributed by atoms with E-state index in [-0.39, 0.29) is 0 Å². The smallest absolute Gasteiger partial charge is 0.148 e. The van der Waals surface area contributed by atoms with Crippen molar-refractivity contribution in [2.45, 2.75) is 27.2 Å². The fraction of sp³-hybridized carbons (Fsp3) is 0.692. The van der Waals surface area contributed by atoms with Gasteiger partial charge in [0.05, 0.1) is 0 Å². The first kappa shape index (κ1) is 13.6. The van der Waals surface area contributed by atoms with Crippen LogP contribution in [0, 0.1) is 11.8 Å². The van der Waals surface area contributed by atoms with Gasteiger partial charge in [0, 0.05) is 19.6 Å². The molecule has 1 aliphatic rings. The van der Waals surface area contributed by atoms with E-state index < -0.39 is 0 Å². The van der Waals surface area contributed by atoms with Gasteiger partial charge >= 0.3 is 0 Å². The van der Waals surface area contributed by atoms with Crippen LogP contribution >= 0.6 is 15.9 Å². The van der Waals surface area contributed by atoms with Gasteiger partial charge in [-0.15, -0.1) is 0 Å². The van der Waals surface area contributed by atoms with E-state index in [0.29, 0.717) is 5.92 Å². The predicted molar refractivity (Wildman–Crippen MR) is 79.1 cm³/mol. The molecule has 0 aliphatic carbocycles. The summed E-state index contributed by atoms with van der Waals surface area (Å²) in [5, 5.41) is 3.25. The van der Waals surface area contributed by atoms with Gasteiger partial charge in [0.25, 0.3) is 0 Å². The first-order valence-electron chi connectivity index (χ1n) is 6.62. The molecule has 1 N–H and O–H groups in total. The summed E-state index contributed by atoms with van der Waals surface area (Å²) in [6.07, 6.45) is 2.87. The molecule has 2 atom stereocenters. The zero-order valence-corrected chi connectivity index (χ0v) is 12.9. The molecule has 18 heavy (non-hydrogen) atoms. The lowest BCUT2D eigenvalue weighted by Crippen LogP contribution is -2.39. The second-order valence-corrected chi connectivity index (χ2v) is 5.87. The second-order valence-electron chi connectivity index (χ2n) is 5.08. The Bertz CT molecular complexity index is 410. The maximum absolute atomic E-state index is 4.43. The second kappa shape index (κ2) is 5.87. The van der Waals surface area contributed by atoms with Gasteiger partial charge in [-0.1, -0.05) is 13.8 Å². The quantitative estimate of drug-likeness (QED) is 0.931. The summed E-state index contributed by atoms with van der Waals surface area (Å²) in [4.78, 5) is 11.1. The molecule has 4 nitrogen and oxygen atoms in total. The van der Waals surface area contributed by atoms with Crippen LogP contribution in [0.25, 0.3) is 0 Å². The summed E-state index contributed by atoms with van der Waals surface area (Å²) in [5.41, 5.74) is 0. The molecule has 2 rings (SSSR count). The standard InChI is InChI=1S/C13H21BrN4/c1-4-15-12-11(14)13(17-8-16-12)18-6-5-9(2)10(3)7-18/h8-10H,4-7H2,1-3H3,(H,15,16,17). The van der Waals surface area contributed by atoms with Crippen molar-refractivity contribution < 1.29 is 0 Å². The summed E-state index contributed by atoms with van der Waals surface area (Å²) in [6, 6.07) is 0. The molecule has 0 amide bonds. The van der Waals surface area contributed by atoms with Crippen molar-refractivity contribution in [3.63, 3.8) is 0 Å². The van der Waals surface area contributed by atoms with Gasteiger partial charge < -0.3 is 10.2 Å². The first-order valence-corrected chi connectivity index (χ1v) is 7.42. The number of rotatable bonds is 3. The zero-order chi connectivity index (χ0) is 13.1. The van der Waals surface area contributed by atoms with Crippen LogP contribution in [0.3, 0.4) is 0 Å². The molecule has 2 heterocycles. The van der Waals surface area contributed by atoms with Gasteiger partial charge in [-0.05, 0) is 41.1 Å². The molecule has 0 saturated carbocycles. The lowest BCUT2D eigenvalue weighted by atomic mass is 9.89. The number of hydrogen-bond acceptors (Lipinski definition) is 4. The Hall–Kier alpha value is -0.840. The molecular formula is C13H21BrN4. The van der Waals surface area contributed by atoms with Crippen LogP contribution in [0.4, 0.5) is 11.6 Å². The number of hydrogen-bond donors (Lipinski definition) is 1. The van der Waals surface area contributed by atoms with E-state index in [1.54, 1.807) is 6.33 Å². The topological polar surface area (TPSA) is 41.1 Å². The maximum atomic E-state index is 4.43. The van der Waals surface area contributed by atoms with Gasteiger partial charge in [-0.25, -0.2) is 9.97 Å². The number of anilines is 2. The lowest BCUT2D eigenvalue weighted by Gasteiger charge is -2.36. The minimum absolute atomic E-state index is 0.711. The van der Waals surface area contributed by atoms with E-state index in [2.05, 4.69) is 56.9 Å². The Balaban J connectivity index is 2.20. The molecule has 0 aromatic carbocycles. The third-order valence-electron chi connectivity index (χ3n) is 3.75. The average Bonchev–Trinajstić information content (AvgIpc) is 2.36. The van der Waals surface area contributed by atoms with Crippen LogP contribution in [-0.2, 0) is 0 Å². The fourth-order valence-electron chi connectivity index (χ4n) is 2.33. The van der Waals surface area contributed by atoms with Gasteiger partial charge in [-0.3, -0.25) is 0 Å². The highest BCUT2D eigenvalue weighted by Gasteiger charge is 2.25. The highest BCUT2D eigenvalue weighted by molar-refractivity contribution is 9.10. The fourth-order valence-corrected chi connectivity index (χ4v) is 2.92. The molecule has 2 unspecified atom stereocenters. The van der Waals surface area contributed by atoms with Crippen molar-refractivity contribution in [1.29, 1.82) is 0 Å². The highest BCUT2D eigenvalue weighted by Crippen LogP contribution is 2.33. The molecule has 5 heteroatoms. The van der Waals surface area contributed by atoms with Crippen molar-refractivity contribution >= 4 is 27.6 Å². The summed E-state index contributed by atoms with van der Waals surface area (Å²) in [5.74, 6) is 3.41. The number of nitrogens with one attached hydrogen (secondary N) is 1. The molecule has 0 radical (unpaired) electrons. The van der Waals surface area contributed by atoms with E-state index in [9.17, 15) is 0 Å². The van der Waals surface area contributed by atoms with Crippen LogP contribution in [-0.4, -0.2) is 29.6 Å². The normalized spacial score (nSPS) is 24.1. The van der Waals surface area contributed by atoms with Crippen LogP contribution in [0.15, 0.2) is 10.8 Å². The van der Waals surface area contributed by atoms with Gasteiger partial charge in [0.2, 0.25) is 0 Å². The summed E-state index contributed by atoms with van der Waals surface area (Å²) in [6.45, 7) is 9.73.